The number of fused-ring (bicyclic) bond motifs is 2. The maximum absolute atomic E-state index is 12.4. The first-order valence-corrected chi connectivity index (χ1v) is 7.51. The van der Waals surface area contributed by atoms with Gasteiger partial charge in [0.1, 0.15) is 0 Å². The molecule has 22 heavy (non-hydrogen) atoms. The van der Waals surface area contributed by atoms with Crippen LogP contribution in [0.25, 0.3) is 15.9 Å². The van der Waals surface area contributed by atoms with Gasteiger partial charge in [-0.3, -0.25) is 14.5 Å². The monoisotopic (exact) mass is 309 g/mol. The summed E-state index contributed by atoms with van der Waals surface area (Å²) in [7, 11) is 0. The number of rotatable bonds is 2. The lowest BCUT2D eigenvalue weighted by Gasteiger charge is -2.03. The van der Waals surface area contributed by atoms with Crippen LogP contribution in [0.3, 0.4) is 0 Å². The largest absolute Gasteiger partial charge is 0.290 e. The molecular formula is C15H11N5OS. The Morgan fingerprint density at radius 1 is 1.23 bits per heavy atom. The fourth-order valence-electron chi connectivity index (χ4n) is 2.28. The van der Waals surface area contributed by atoms with Crippen LogP contribution in [0, 0.1) is 6.92 Å². The molecule has 1 aromatic carbocycles. The molecule has 1 amide bonds. The molecule has 0 aliphatic carbocycles. The first-order valence-electron chi connectivity index (χ1n) is 6.69. The number of benzene rings is 1. The number of nitrogens with one attached hydrogen (secondary N) is 1. The van der Waals surface area contributed by atoms with E-state index in [9.17, 15) is 4.79 Å². The molecule has 0 aliphatic heterocycles. The minimum Gasteiger partial charge on any atom is -0.290 e. The number of carbonyl (C=O) groups excluding carboxylic acids is 1. The van der Waals surface area contributed by atoms with E-state index in [0.717, 1.165) is 15.2 Å². The number of amides is 1. The first kappa shape index (κ1) is 12.9. The highest BCUT2D eigenvalue weighted by molar-refractivity contribution is 7.18. The molecule has 7 heteroatoms. The van der Waals surface area contributed by atoms with Crippen LogP contribution in [-0.2, 0) is 0 Å². The van der Waals surface area contributed by atoms with Crippen LogP contribution in [0.4, 0.5) is 5.95 Å². The lowest BCUT2D eigenvalue weighted by Crippen LogP contribution is -2.14. The summed E-state index contributed by atoms with van der Waals surface area (Å²) in [5.41, 5.74) is 2.17. The van der Waals surface area contributed by atoms with Crippen molar-refractivity contribution >= 4 is 39.1 Å². The number of nitrogens with zero attached hydrogens (tertiary/aromatic N) is 4. The predicted octanol–water partition coefficient (Wildman–Crippen LogP) is 2.90. The van der Waals surface area contributed by atoms with Crippen LogP contribution in [0.2, 0.25) is 0 Å². The zero-order valence-electron chi connectivity index (χ0n) is 11.6. The third kappa shape index (κ3) is 2.11. The molecule has 0 fully saturated rings. The van der Waals surface area contributed by atoms with Gasteiger partial charge in [-0.05, 0) is 37.3 Å². The van der Waals surface area contributed by atoms with E-state index in [0.29, 0.717) is 17.2 Å². The van der Waals surface area contributed by atoms with E-state index in [1.807, 2.05) is 37.3 Å². The SMILES string of the molecule is Cc1nc2ccc(C(=O)Nc3nnc4ccccn34)cc2s1. The van der Waals surface area contributed by atoms with Crippen LogP contribution >= 0.6 is 11.3 Å². The van der Waals surface area contributed by atoms with E-state index in [4.69, 9.17) is 0 Å². The maximum atomic E-state index is 12.4. The summed E-state index contributed by atoms with van der Waals surface area (Å²) in [5, 5.41) is 11.8. The fourth-order valence-corrected chi connectivity index (χ4v) is 3.15. The second-order valence-electron chi connectivity index (χ2n) is 4.82. The Hall–Kier alpha value is -2.80. The topological polar surface area (TPSA) is 72.2 Å². The molecule has 0 aliphatic rings. The van der Waals surface area contributed by atoms with Crippen molar-refractivity contribution in [1.82, 2.24) is 19.6 Å². The fraction of sp³-hybridized carbons (Fsp3) is 0.0667. The summed E-state index contributed by atoms with van der Waals surface area (Å²) in [5.74, 6) is 0.187. The van der Waals surface area contributed by atoms with Crippen molar-refractivity contribution in [3.63, 3.8) is 0 Å². The van der Waals surface area contributed by atoms with Crippen LogP contribution in [0.15, 0.2) is 42.6 Å². The number of hydrogen-bond acceptors (Lipinski definition) is 5. The molecule has 1 N–H and O–H groups in total. The van der Waals surface area contributed by atoms with E-state index >= 15 is 0 Å². The molecule has 3 aromatic heterocycles. The molecule has 0 bridgehead atoms. The van der Waals surface area contributed by atoms with Crippen molar-refractivity contribution in [2.24, 2.45) is 0 Å². The molecule has 3 heterocycles. The molecule has 0 saturated carbocycles. The zero-order chi connectivity index (χ0) is 15.1. The Kier molecular flexibility index (Phi) is 2.87. The van der Waals surface area contributed by atoms with Gasteiger partial charge in [0.15, 0.2) is 5.65 Å². The zero-order valence-corrected chi connectivity index (χ0v) is 12.5. The molecule has 6 nitrogen and oxygen atoms in total. The molecule has 0 radical (unpaired) electrons. The quantitative estimate of drug-likeness (QED) is 0.618. The summed E-state index contributed by atoms with van der Waals surface area (Å²) < 4.78 is 2.73. The average Bonchev–Trinajstić information content (AvgIpc) is 3.09. The summed E-state index contributed by atoms with van der Waals surface area (Å²) >= 11 is 1.57. The van der Waals surface area contributed by atoms with Gasteiger partial charge in [0, 0.05) is 11.8 Å². The van der Waals surface area contributed by atoms with Crippen LogP contribution in [0.5, 0.6) is 0 Å². The van der Waals surface area contributed by atoms with Gasteiger partial charge in [-0.2, -0.15) is 0 Å². The van der Waals surface area contributed by atoms with Gasteiger partial charge in [0.25, 0.3) is 5.91 Å². The smallest absolute Gasteiger partial charge is 0.258 e. The summed E-state index contributed by atoms with van der Waals surface area (Å²) in [4.78, 5) is 16.8. The van der Waals surface area contributed by atoms with Gasteiger partial charge >= 0.3 is 0 Å². The summed E-state index contributed by atoms with van der Waals surface area (Å²) in [6, 6.07) is 11.0. The van der Waals surface area contributed by atoms with Crippen molar-refractivity contribution < 1.29 is 4.79 Å². The normalized spacial score (nSPS) is 11.1. The summed E-state index contributed by atoms with van der Waals surface area (Å²) in [6.07, 6.45) is 1.81. The minimum atomic E-state index is -0.217. The van der Waals surface area contributed by atoms with Gasteiger partial charge in [-0.15, -0.1) is 21.5 Å². The van der Waals surface area contributed by atoms with E-state index in [-0.39, 0.29) is 5.91 Å². The number of aromatic nitrogens is 4. The highest BCUT2D eigenvalue weighted by Crippen LogP contribution is 2.23. The second kappa shape index (κ2) is 4.88. The lowest BCUT2D eigenvalue weighted by atomic mass is 10.2. The Balaban J connectivity index is 1.68. The molecule has 4 aromatic rings. The number of hydrogen-bond donors (Lipinski definition) is 1. The third-order valence-electron chi connectivity index (χ3n) is 3.30. The Bertz CT molecular complexity index is 1000. The summed E-state index contributed by atoms with van der Waals surface area (Å²) in [6.45, 7) is 1.95. The lowest BCUT2D eigenvalue weighted by molar-refractivity contribution is 0.102. The number of carbonyl (C=O) groups is 1. The van der Waals surface area contributed by atoms with E-state index < -0.39 is 0 Å². The molecule has 4 rings (SSSR count). The van der Waals surface area contributed by atoms with Crippen LogP contribution in [0.1, 0.15) is 15.4 Å². The Labute approximate surface area is 129 Å². The van der Waals surface area contributed by atoms with E-state index in [1.54, 1.807) is 28.0 Å². The third-order valence-corrected chi connectivity index (χ3v) is 4.23. The molecule has 0 unspecified atom stereocenters. The van der Waals surface area contributed by atoms with Crippen molar-refractivity contribution in [3.05, 3.63) is 53.2 Å². The molecule has 108 valence electrons. The van der Waals surface area contributed by atoms with E-state index in [1.165, 1.54) is 0 Å². The maximum Gasteiger partial charge on any atom is 0.258 e. The van der Waals surface area contributed by atoms with Crippen LogP contribution in [-0.4, -0.2) is 25.5 Å². The minimum absolute atomic E-state index is 0.217. The number of anilines is 1. The van der Waals surface area contributed by atoms with Crippen LogP contribution < -0.4 is 5.32 Å². The van der Waals surface area contributed by atoms with Crippen molar-refractivity contribution in [3.8, 4) is 0 Å². The number of aryl methyl sites for hydroxylation is 1. The Morgan fingerprint density at radius 3 is 3.05 bits per heavy atom. The van der Waals surface area contributed by atoms with Crippen molar-refractivity contribution in [2.75, 3.05) is 5.32 Å². The Morgan fingerprint density at radius 2 is 2.14 bits per heavy atom. The van der Waals surface area contributed by atoms with Gasteiger partial charge in [0.2, 0.25) is 5.95 Å². The van der Waals surface area contributed by atoms with Gasteiger partial charge in [-0.25, -0.2) is 4.98 Å². The van der Waals surface area contributed by atoms with Gasteiger partial charge in [-0.1, -0.05) is 6.07 Å². The first-order chi connectivity index (χ1) is 10.7. The van der Waals surface area contributed by atoms with Gasteiger partial charge < -0.3 is 0 Å². The molecular weight excluding hydrogens is 298 g/mol. The standard InChI is InChI=1S/C15H11N5OS/c1-9-16-11-6-5-10(8-12(11)22-9)14(21)17-15-19-18-13-4-2-3-7-20(13)15/h2-8H,1H3,(H,17,19,21). The highest BCUT2D eigenvalue weighted by Gasteiger charge is 2.12. The predicted molar refractivity (Wildman–Crippen MR) is 85.3 cm³/mol. The average molecular weight is 309 g/mol. The molecule has 0 spiro atoms. The second-order valence-corrected chi connectivity index (χ2v) is 6.06. The highest BCUT2D eigenvalue weighted by atomic mass is 32.1. The van der Waals surface area contributed by atoms with Crippen molar-refractivity contribution in [2.45, 2.75) is 6.92 Å². The van der Waals surface area contributed by atoms with Crippen molar-refractivity contribution in [1.29, 1.82) is 0 Å². The molecule has 0 atom stereocenters. The van der Waals surface area contributed by atoms with E-state index in [2.05, 4.69) is 20.5 Å². The molecule has 0 saturated heterocycles. The van der Waals surface area contributed by atoms with Gasteiger partial charge in [0.05, 0.1) is 15.2 Å². The number of pyridine rings is 1. The number of thiazole rings is 1.